The first kappa shape index (κ1) is 19.7. The van der Waals surface area contributed by atoms with Crippen LogP contribution in [0.2, 0.25) is 0 Å². The molecule has 1 aliphatic rings. The zero-order valence-electron chi connectivity index (χ0n) is 14.2. The molecule has 10 heteroatoms. The Morgan fingerprint density at radius 2 is 1.78 bits per heavy atom. The van der Waals surface area contributed by atoms with E-state index in [4.69, 9.17) is 4.74 Å². The number of nitrogens with one attached hydrogen (secondary N) is 3. The number of hydrogen-bond donors (Lipinski definition) is 3. The van der Waals surface area contributed by atoms with Crippen molar-refractivity contribution in [2.45, 2.75) is 32.7 Å². The molecule has 0 heterocycles. The first-order valence-corrected chi connectivity index (χ1v) is 8.83. The number of hydrogen-bond acceptors (Lipinski definition) is 5. The Morgan fingerprint density at radius 3 is 2.22 bits per heavy atom. The molecule has 1 rings (SSSR count). The highest BCUT2D eigenvalue weighted by Crippen LogP contribution is 2.56. The topological polar surface area (TPSA) is 117 Å². The minimum Gasteiger partial charge on any atom is -0.464 e. The summed E-state index contributed by atoms with van der Waals surface area (Å²) in [4.78, 5) is 24.0. The van der Waals surface area contributed by atoms with E-state index in [9.17, 15) is 18.0 Å². The molecule has 1 saturated carbocycles. The molecule has 0 saturated heterocycles. The lowest BCUT2D eigenvalue weighted by molar-refractivity contribution is -0.147. The van der Waals surface area contributed by atoms with Crippen LogP contribution in [0, 0.1) is 5.41 Å². The van der Waals surface area contributed by atoms with Crippen LogP contribution in [-0.4, -0.2) is 64.1 Å². The predicted molar refractivity (Wildman–Crippen MR) is 84.9 cm³/mol. The normalized spacial score (nSPS) is 22.5. The lowest BCUT2D eigenvalue weighted by atomic mass is 10.1. The zero-order valence-corrected chi connectivity index (χ0v) is 15.0. The van der Waals surface area contributed by atoms with E-state index in [0.717, 1.165) is 4.31 Å². The second kappa shape index (κ2) is 7.02. The summed E-state index contributed by atoms with van der Waals surface area (Å²) in [5.74, 6) is -0.450. The van der Waals surface area contributed by atoms with E-state index in [1.54, 1.807) is 6.92 Å². The minimum absolute atomic E-state index is 0.0454. The van der Waals surface area contributed by atoms with Crippen LogP contribution in [-0.2, 0) is 19.7 Å². The molecule has 2 amide bonds. The fourth-order valence-corrected chi connectivity index (χ4v) is 2.83. The van der Waals surface area contributed by atoms with Gasteiger partial charge in [0.05, 0.1) is 6.61 Å². The summed E-state index contributed by atoms with van der Waals surface area (Å²) in [7, 11) is -0.714. The SMILES string of the molecule is CCOC(=O)C1(NC(=O)NCCNS(=O)(=O)N(C)C)CC1(C)C. The maximum Gasteiger partial charge on any atom is 0.332 e. The van der Waals surface area contributed by atoms with E-state index in [1.165, 1.54) is 14.1 Å². The summed E-state index contributed by atoms with van der Waals surface area (Å²) in [6, 6.07) is -0.535. The second-order valence-electron chi connectivity index (χ2n) is 6.25. The molecule has 23 heavy (non-hydrogen) atoms. The molecule has 0 aromatic carbocycles. The predicted octanol–water partition coefficient (Wildman–Crippen LogP) is -0.587. The third-order valence-corrected chi connectivity index (χ3v) is 5.39. The Morgan fingerprint density at radius 1 is 1.22 bits per heavy atom. The molecule has 1 unspecified atom stereocenters. The van der Waals surface area contributed by atoms with Crippen molar-refractivity contribution < 1.29 is 22.7 Å². The van der Waals surface area contributed by atoms with E-state index in [-0.39, 0.29) is 25.1 Å². The van der Waals surface area contributed by atoms with Gasteiger partial charge in [0.15, 0.2) is 0 Å². The fourth-order valence-electron chi connectivity index (χ4n) is 2.21. The summed E-state index contributed by atoms with van der Waals surface area (Å²) in [5.41, 5.74) is -1.39. The molecule has 0 bridgehead atoms. The van der Waals surface area contributed by atoms with Crippen LogP contribution in [0.15, 0.2) is 0 Å². The van der Waals surface area contributed by atoms with Crippen molar-refractivity contribution in [1.82, 2.24) is 19.7 Å². The van der Waals surface area contributed by atoms with Gasteiger partial charge in [-0.2, -0.15) is 12.7 Å². The quantitative estimate of drug-likeness (QED) is 0.400. The minimum atomic E-state index is -3.52. The Labute approximate surface area is 137 Å². The number of rotatable bonds is 8. The molecule has 1 fully saturated rings. The van der Waals surface area contributed by atoms with Crippen molar-refractivity contribution in [2.24, 2.45) is 5.41 Å². The van der Waals surface area contributed by atoms with Crippen LogP contribution in [0.1, 0.15) is 27.2 Å². The maximum absolute atomic E-state index is 12.1. The van der Waals surface area contributed by atoms with Gasteiger partial charge in [0.2, 0.25) is 0 Å². The molecule has 0 radical (unpaired) electrons. The van der Waals surface area contributed by atoms with E-state index < -0.39 is 27.7 Å². The average molecular weight is 350 g/mol. The first-order chi connectivity index (χ1) is 10.5. The van der Waals surface area contributed by atoms with Crippen molar-refractivity contribution in [1.29, 1.82) is 0 Å². The van der Waals surface area contributed by atoms with Crippen molar-refractivity contribution >= 4 is 22.2 Å². The Kier molecular flexibility index (Phi) is 6.00. The number of nitrogens with zero attached hydrogens (tertiary/aromatic N) is 1. The van der Waals surface area contributed by atoms with Gasteiger partial charge in [0.25, 0.3) is 10.2 Å². The molecule has 0 aromatic rings. The van der Waals surface area contributed by atoms with Gasteiger partial charge in [0, 0.05) is 32.6 Å². The highest BCUT2D eigenvalue weighted by molar-refractivity contribution is 7.87. The summed E-state index contributed by atoms with van der Waals surface area (Å²) >= 11 is 0. The molecule has 0 spiro atoms. The Balaban J connectivity index is 2.46. The average Bonchev–Trinajstić information content (AvgIpc) is 2.97. The van der Waals surface area contributed by atoms with Gasteiger partial charge < -0.3 is 15.4 Å². The van der Waals surface area contributed by atoms with Gasteiger partial charge >= 0.3 is 12.0 Å². The molecule has 1 atom stereocenters. The van der Waals surface area contributed by atoms with Gasteiger partial charge in [0.1, 0.15) is 5.54 Å². The van der Waals surface area contributed by atoms with Crippen molar-refractivity contribution in [3.05, 3.63) is 0 Å². The summed E-state index contributed by atoms with van der Waals surface area (Å²) < 4.78 is 31.3. The van der Waals surface area contributed by atoms with Gasteiger partial charge in [-0.1, -0.05) is 13.8 Å². The summed E-state index contributed by atoms with van der Waals surface area (Å²) in [6.45, 7) is 5.83. The van der Waals surface area contributed by atoms with Crippen LogP contribution in [0.4, 0.5) is 4.79 Å². The van der Waals surface area contributed by atoms with Crippen LogP contribution in [0.5, 0.6) is 0 Å². The number of urea groups is 1. The molecule has 9 nitrogen and oxygen atoms in total. The largest absolute Gasteiger partial charge is 0.464 e. The van der Waals surface area contributed by atoms with E-state index in [0.29, 0.717) is 6.42 Å². The van der Waals surface area contributed by atoms with Crippen LogP contribution < -0.4 is 15.4 Å². The van der Waals surface area contributed by atoms with Crippen molar-refractivity contribution in [3.63, 3.8) is 0 Å². The van der Waals surface area contributed by atoms with Crippen LogP contribution in [0.3, 0.4) is 0 Å². The third kappa shape index (κ3) is 4.55. The van der Waals surface area contributed by atoms with Crippen LogP contribution >= 0.6 is 0 Å². The zero-order chi connectivity index (χ0) is 17.9. The van der Waals surface area contributed by atoms with Crippen molar-refractivity contribution in [2.75, 3.05) is 33.8 Å². The monoisotopic (exact) mass is 350 g/mol. The smallest absolute Gasteiger partial charge is 0.332 e. The molecule has 134 valence electrons. The van der Waals surface area contributed by atoms with Crippen molar-refractivity contribution in [3.8, 4) is 0 Å². The van der Waals surface area contributed by atoms with Gasteiger partial charge in [-0.15, -0.1) is 0 Å². The lowest BCUT2D eigenvalue weighted by Crippen LogP contribution is -2.52. The highest BCUT2D eigenvalue weighted by Gasteiger charge is 2.68. The van der Waals surface area contributed by atoms with E-state index >= 15 is 0 Å². The highest BCUT2D eigenvalue weighted by atomic mass is 32.2. The molecular weight excluding hydrogens is 324 g/mol. The maximum atomic E-state index is 12.1. The Bertz CT molecular complexity index is 561. The number of esters is 1. The number of amides is 2. The van der Waals surface area contributed by atoms with Crippen LogP contribution in [0.25, 0.3) is 0 Å². The molecule has 0 aromatic heterocycles. The standard InChI is InChI=1S/C13H26N4O5S/c1-6-22-10(18)13(9-12(13,2)3)16-11(19)14-7-8-15-23(20,21)17(4)5/h15H,6-9H2,1-5H3,(H2,14,16,19). The third-order valence-electron chi connectivity index (χ3n) is 3.86. The van der Waals surface area contributed by atoms with E-state index in [1.807, 2.05) is 13.8 Å². The molecule has 1 aliphatic carbocycles. The number of carbonyl (C=O) groups excluding carboxylic acids is 2. The number of carbonyl (C=O) groups is 2. The molecular formula is C13H26N4O5S. The van der Waals surface area contributed by atoms with E-state index in [2.05, 4.69) is 15.4 Å². The lowest BCUT2D eigenvalue weighted by Gasteiger charge is -2.21. The fraction of sp³-hybridized carbons (Fsp3) is 0.846. The van der Waals surface area contributed by atoms with Gasteiger partial charge in [-0.25, -0.2) is 14.3 Å². The molecule has 3 N–H and O–H groups in total. The van der Waals surface area contributed by atoms with Gasteiger partial charge in [-0.3, -0.25) is 0 Å². The second-order valence-corrected chi connectivity index (χ2v) is 8.22. The molecule has 0 aliphatic heterocycles. The first-order valence-electron chi connectivity index (χ1n) is 7.39. The van der Waals surface area contributed by atoms with Gasteiger partial charge in [-0.05, 0) is 13.3 Å². The Hall–Kier alpha value is -1.39. The number of ether oxygens (including phenoxy) is 1. The summed E-state index contributed by atoms with van der Waals surface area (Å²) in [5, 5.41) is 5.17. The summed E-state index contributed by atoms with van der Waals surface area (Å²) in [6.07, 6.45) is 0.500.